The van der Waals surface area contributed by atoms with Gasteiger partial charge in [0.1, 0.15) is 31.6 Å². The number of piperazine rings is 1. The van der Waals surface area contributed by atoms with E-state index in [1.807, 2.05) is 25.1 Å². The third kappa shape index (κ3) is 7.51. The fraction of sp³-hybridized carbons (Fsp3) is 0.562. The number of rotatable bonds is 11. The lowest BCUT2D eigenvalue weighted by Gasteiger charge is -2.52. The highest BCUT2D eigenvalue weighted by molar-refractivity contribution is 6.90. The van der Waals surface area contributed by atoms with E-state index in [1.54, 1.807) is 24.3 Å². The van der Waals surface area contributed by atoms with Crippen molar-refractivity contribution in [2.45, 2.75) is 128 Å². The highest BCUT2D eigenvalue weighted by Crippen LogP contribution is 2.54. The average molecular weight is 852 g/mol. The Morgan fingerprint density at radius 1 is 1.03 bits per heavy atom. The zero-order valence-electron chi connectivity index (χ0n) is 37.3. The van der Waals surface area contributed by atoms with E-state index in [9.17, 15) is 9.90 Å². The van der Waals surface area contributed by atoms with E-state index in [-0.39, 0.29) is 12.8 Å². The number of hydrogen-bond donors (Lipinski definition) is 1. The number of hydrogen-bond acceptors (Lipinski definition) is 9. The molecule has 2 bridgehead atoms. The molecule has 13 heteroatoms. The van der Waals surface area contributed by atoms with Gasteiger partial charge in [-0.1, -0.05) is 53.5 Å². The smallest absolute Gasteiger partial charge is 0.407 e. The number of carboxylic acid groups (broad SMARTS) is 1. The number of amides is 1. The number of fused-ring (bicyclic) bond motifs is 6. The molecule has 2 aromatic carbocycles. The Hall–Kier alpha value is -4.48. The lowest BCUT2D eigenvalue weighted by molar-refractivity contribution is 0.0374. The molecule has 0 spiro atoms. The molecule has 6 heterocycles. The Labute approximate surface area is 360 Å². The summed E-state index contributed by atoms with van der Waals surface area (Å²) in [5.41, 5.74) is 7.98. The monoisotopic (exact) mass is 851 g/mol. The van der Waals surface area contributed by atoms with Crippen LogP contribution in [0.25, 0.3) is 21.5 Å². The summed E-state index contributed by atoms with van der Waals surface area (Å²) in [6.07, 6.45) is 3.26. The van der Waals surface area contributed by atoms with Crippen LogP contribution in [0.3, 0.4) is 0 Å². The van der Waals surface area contributed by atoms with Gasteiger partial charge in [0.25, 0.3) is 0 Å². The number of aromatic nitrogens is 2. The molecule has 11 nitrogen and oxygen atoms in total. The first kappa shape index (κ1) is 43.2. The van der Waals surface area contributed by atoms with E-state index in [4.69, 9.17) is 28.9 Å². The molecule has 4 aromatic rings. The lowest BCUT2D eigenvalue weighted by atomic mass is 9.86. The van der Waals surface area contributed by atoms with Gasteiger partial charge in [0.2, 0.25) is 5.88 Å². The fourth-order valence-corrected chi connectivity index (χ4v) is 16.8. The number of morpholine rings is 1. The molecule has 5 atom stereocenters. The van der Waals surface area contributed by atoms with Crippen LogP contribution in [0.4, 0.5) is 15.0 Å². The summed E-state index contributed by atoms with van der Waals surface area (Å²) < 4.78 is 40.8. The second-order valence-electron chi connectivity index (χ2n) is 18.4. The second-order valence-corrected chi connectivity index (χ2v) is 24.0. The Morgan fingerprint density at radius 2 is 1.75 bits per heavy atom. The van der Waals surface area contributed by atoms with Crippen LogP contribution >= 0.6 is 0 Å². The van der Waals surface area contributed by atoms with E-state index >= 15 is 4.39 Å². The van der Waals surface area contributed by atoms with Crippen LogP contribution < -0.4 is 14.4 Å². The van der Waals surface area contributed by atoms with Gasteiger partial charge in [-0.15, -0.1) is 5.54 Å². The Morgan fingerprint density at radius 3 is 2.44 bits per heavy atom. The van der Waals surface area contributed by atoms with Gasteiger partial charge in [0.15, 0.2) is 6.79 Å². The highest BCUT2D eigenvalue weighted by Gasteiger charge is 2.58. The zero-order chi connectivity index (χ0) is 43.3. The summed E-state index contributed by atoms with van der Waals surface area (Å²) in [5, 5.41) is 14.3. The molecule has 8 rings (SSSR count). The second kappa shape index (κ2) is 17.4. The molecule has 61 heavy (non-hydrogen) atoms. The van der Waals surface area contributed by atoms with Crippen LogP contribution in [-0.2, 0) is 15.9 Å². The number of anilines is 1. The lowest BCUT2D eigenvalue weighted by Crippen LogP contribution is -2.66. The molecule has 4 aliphatic heterocycles. The van der Waals surface area contributed by atoms with Crippen molar-refractivity contribution in [3.63, 3.8) is 0 Å². The minimum atomic E-state index is -2.30. The molecular weight excluding hydrogens is 790 g/mol. The minimum absolute atomic E-state index is 0.00568. The predicted octanol–water partition coefficient (Wildman–Crippen LogP) is 9.27. The van der Waals surface area contributed by atoms with Crippen molar-refractivity contribution in [3.8, 4) is 23.1 Å². The number of carbonyl (C=O) groups is 1. The third-order valence-electron chi connectivity index (χ3n) is 14.3. The highest BCUT2D eigenvalue weighted by atomic mass is 28.3. The van der Waals surface area contributed by atoms with Gasteiger partial charge in [-0.05, 0) is 109 Å². The van der Waals surface area contributed by atoms with Crippen molar-refractivity contribution in [1.29, 1.82) is 0 Å². The van der Waals surface area contributed by atoms with Gasteiger partial charge in [0, 0.05) is 37.5 Å². The summed E-state index contributed by atoms with van der Waals surface area (Å²) in [5.74, 6) is 4.85. The van der Waals surface area contributed by atoms with Crippen LogP contribution in [0.1, 0.15) is 96.2 Å². The Balaban J connectivity index is 1.40. The van der Waals surface area contributed by atoms with Crippen molar-refractivity contribution in [1.82, 2.24) is 19.8 Å². The number of benzene rings is 2. The normalized spacial score (nSPS) is 22.7. The van der Waals surface area contributed by atoms with E-state index < -0.39 is 44.2 Å². The topological polar surface area (TPSA) is 110 Å². The summed E-state index contributed by atoms with van der Waals surface area (Å²) in [6.45, 7) is 22.0. The number of halogens is 1. The fourth-order valence-electron chi connectivity index (χ4n) is 11.6. The maximum Gasteiger partial charge on any atom is 0.407 e. The maximum atomic E-state index is 16.8. The summed E-state index contributed by atoms with van der Waals surface area (Å²) in [6, 6.07) is 7.26. The number of aryl methyl sites for hydroxylation is 2. The molecule has 3 saturated heterocycles. The Kier molecular flexibility index (Phi) is 12.3. The summed E-state index contributed by atoms with van der Waals surface area (Å²) in [7, 11) is -0.729. The molecule has 1 N–H and O–H groups in total. The number of methoxy groups -OCH3 is 1. The zero-order valence-corrected chi connectivity index (χ0v) is 38.3. The van der Waals surface area contributed by atoms with Crippen LogP contribution in [0.5, 0.6) is 11.6 Å². The van der Waals surface area contributed by atoms with Gasteiger partial charge >= 0.3 is 6.09 Å². The van der Waals surface area contributed by atoms with Crippen LogP contribution in [0, 0.1) is 24.2 Å². The molecule has 1 amide bonds. The van der Waals surface area contributed by atoms with E-state index in [1.165, 1.54) is 6.07 Å². The van der Waals surface area contributed by atoms with Crippen LogP contribution in [-0.4, -0.2) is 110 Å². The van der Waals surface area contributed by atoms with Crippen molar-refractivity contribution in [3.05, 3.63) is 64.7 Å². The largest absolute Gasteiger partial charge is 0.472 e. The van der Waals surface area contributed by atoms with Gasteiger partial charge in [0.05, 0.1) is 48.3 Å². The molecule has 0 radical (unpaired) electrons. The first-order valence-electron chi connectivity index (χ1n) is 22.2. The molecule has 4 aliphatic rings. The molecule has 326 valence electrons. The van der Waals surface area contributed by atoms with Crippen molar-refractivity contribution >= 4 is 41.5 Å². The molecule has 0 aliphatic carbocycles. The molecule has 0 saturated carbocycles. The molecule has 2 aromatic heterocycles. The van der Waals surface area contributed by atoms with Gasteiger partial charge in [-0.2, -0.15) is 0 Å². The minimum Gasteiger partial charge on any atom is -0.472 e. The van der Waals surface area contributed by atoms with Gasteiger partial charge in [-0.3, -0.25) is 9.80 Å². The van der Waals surface area contributed by atoms with Gasteiger partial charge in [-0.25, -0.2) is 19.2 Å². The summed E-state index contributed by atoms with van der Waals surface area (Å²) >= 11 is 0. The van der Waals surface area contributed by atoms with Crippen LogP contribution in [0.2, 0.25) is 16.6 Å². The van der Waals surface area contributed by atoms with Crippen LogP contribution in [0.15, 0.2) is 36.5 Å². The predicted molar refractivity (Wildman–Crippen MR) is 240 cm³/mol. The van der Waals surface area contributed by atoms with Crippen molar-refractivity contribution < 1.29 is 33.2 Å². The molecule has 3 fully saturated rings. The quantitative estimate of drug-likeness (QED) is 0.0892. The SMILES string of the molecule is COCOc1cc(C2C3CCC(C4C(C)Oc5nccc6c(C)c(CCCN7CCOCC7)nc(c56)N24)N3C(=O)O)c2c(C#C[Si](C(C)C)(C(C)C)C(C)C)c(F)ccc2c1. The standard InChI is InChI=1S/C48H62FN5O6Si/c1-28(2)61(29(3)4,30(5)6)24-17-36-38(49)13-12-33-25-34(59-27-57-9)26-37(42(33)36)45-41-15-14-40(53(41)48(55)56)44-32(8)60-47-43-35(16-18-50-47)31(7)39(51-46(43)54(44)45)11-10-19-52-20-22-58-23-21-52/h12-13,16,18,25-26,28-30,32,40-41,44-45H,10-11,14-15,19-23,27H2,1-9H3,(H,55,56). The van der Waals surface area contributed by atoms with Crippen molar-refractivity contribution in [2.24, 2.45) is 0 Å². The maximum absolute atomic E-state index is 16.8. The summed E-state index contributed by atoms with van der Waals surface area (Å²) in [4.78, 5) is 30.3. The van der Waals surface area contributed by atoms with E-state index in [2.05, 4.69) is 69.7 Å². The van der Waals surface area contributed by atoms with Crippen molar-refractivity contribution in [2.75, 3.05) is 51.7 Å². The average Bonchev–Trinajstić information content (AvgIpc) is 3.52. The molecule has 5 unspecified atom stereocenters. The third-order valence-corrected chi connectivity index (χ3v) is 20.6. The number of ether oxygens (including phenoxy) is 4. The first-order valence-corrected chi connectivity index (χ1v) is 24.5. The first-order chi connectivity index (χ1) is 29.3. The van der Waals surface area contributed by atoms with E-state index in [0.29, 0.717) is 52.0 Å². The number of nitrogens with zero attached hydrogens (tertiary/aromatic N) is 5. The van der Waals surface area contributed by atoms with Gasteiger partial charge < -0.3 is 29.0 Å². The number of pyridine rings is 2. The molecular formula is C48H62FN5O6Si. The van der Waals surface area contributed by atoms with E-state index in [0.717, 1.165) is 84.5 Å². The Bertz CT molecular complexity index is 2340.